The van der Waals surface area contributed by atoms with Gasteiger partial charge in [0, 0.05) is 10.7 Å². The molecular weight excluding hydrogens is 366 g/mol. The molecule has 1 N–H and O–H groups in total. The molecule has 0 aromatic carbocycles. The van der Waals surface area contributed by atoms with Crippen molar-refractivity contribution in [3.05, 3.63) is 15.3 Å². The SMILES string of the molecule is O=S(=O)(Cl)c1cc(I)c(O)c(C(F)F)n1. The Bertz CT molecular complexity index is 493. The molecule has 0 saturated heterocycles. The van der Waals surface area contributed by atoms with Crippen molar-refractivity contribution < 1.29 is 22.3 Å². The Balaban J connectivity index is 3.50. The maximum atomic E-state index is 12.3. The van der Waals surface area contributed by atoms with Crippen LogP contribution in [-0.2, 0) is 9.05 Å². The second-order valence-corrected chi connectivity index (χ2v) is 6.09. The second-order valence-electron chi connectivity index (χ2n) is 2.41. The van der Waals surface area contributed by atoms with Crippen molar-refractivity contribution in [2.75, 3.05) is 0 Å². The first-order chi connectivity index (χ1) is 6.73. The number of nitrogens with zero attached hydrogens (tertiary/aromatic N) is 1. The first-order valence-corrected chi connectivity index (χ1v) is 6.74. The molecule has 0 atom stereocenters. The quantitative estimate of drug-likeness (QED) is 0.641. The van der Waals surface area contributed by atoms with Gasteiger partial charge in [0.25, 0.3) is 15.5 Å². The van der Waals surface area contributed by atoms with E-state index < -0.39 is 31.9 Å². The van der Waals surface area contributed by atoms with Gasteiger partial charge < -0.3 is 5.11 Å². The summed E-state index contributed by atoms with van der Waals surface area (Å²) in [5.41, 5.74) is -0.999. The van der Waals surface area contributed by atoms with Crippen LogP contribution in [0.2, 0.25) is 0 Å². The summed E-state index contributed by atoms with van der Waals surface area (Å²) in [6.07, 6.45) is -3.07. The summed E-state index contributed by atoms with van der Waals surface area (Å²) in [6, 6.07) is 0.907. The lowest BCUT2D eigenvalue weighted by molar-refractivity contribution is 0.141. The van der Waals surface area contributed by atoms with Crippen LogP contribution in [0.5, 0.6) is 5.75 Å². The van der Waals surface area contributed by atoms with Gasteiger partial charge in [0.05, 0.1) is 3.57 Å². The third-order valence-corrected chi connectivity index (χ3v) is 3.41. The number of aromatic nitrogens is 1. The highest BCUT2D eigenvalue weighted by molar-refractivity contribution is 14.1. The van der Waals surface area contributed by atoms with Crippen LogP contribution < -0.4 is 0 Å². The molecule has 0 bridgehead atoms. The van der Waals surface area contributed by atoms with Crippen LogP contribution in [-0.4, -0.2) is 18.5 Å². The molecule has 0 aliphatic heterocycles. The van der Waals surface area contributed by atoms with E-state index in [1.807, 2.05) is 0 Å². The Kier molecular flexibility index (Phi) is 3.71. The Labute approximate surface area is 102 Å². The number of rotatable bonds is 2. The Morgan fingerprint density at radius 3 is 2.47 bits per heavy atom. The molecule has 0 unspecified atom stereocenters. The van der Waals surface area contributed by atoms with E-state index in [0.717, 1.165) is 6.07 Å². The fraction of sp³-hybridized carbons (Fsp3) is 0.167. The van der Waals surface area contributed by atoms with Gasteiger partial charge in [-0.2, -0.15) is 0 Å². The lowest BCUT2D eigenvalue weighted by Crippen LogP contribution is -2.01. The Hall–Kier alpha value is -0.220. The van der Waals surface area contributed by atoms with Crippen LogP contribution in [0.15, 0.2) is 11.1 Å². The number of aromatic hydroxyl groups is 1. The molecule has 9 heteroatoms. The van der Waals surface area contributed by atoms with E-state index in [9.17, 15) is 22.3 Å². The third-order valence-electron chi connectivity index (χ3n) is 1.41. The topological polar surface area (TPSA) is 67.3 Å². The molecule has 0 amide bonds. The molecule has 1 aromatic rings. The van der Waals surface area contributed by atoms with E-state index in [4.69, 9.17) is 10.7 Å². The molecule has 0 aliphatic rings. The van der Waals surface area contributed by atoms with Crippen molar-refractivity contribution in [3.8, 4) is 5.75 Å². The molecule has 1 rings (SSSR count). The molecule has 1 heterocycles. The minimum absolute atomic E-state index is 0.0582. The Morgan fingerprint density at radius 2 is 2.07 bits per heavy atom. The summed E-state index contributed by atoms with van der Waals surface area (Å²) in [4.78, 5) is 3.08. The zero-order valence-electron chi connectivity index (χ0n) is 6.79. The minimum atomic E-state index is -4.19. The van der Waals surface area contributed by atoms with Crippen LogP contribution in [0.4, 0.5) is 8.78 Å². The van der Waals surface area contributed by atoms with Crippen molar-refractivity contribution in [2.45, 2.75) is 11.5 Å². The van der Waals surface area contributed by atoms with Gasteiger partial charge in [0.2, 0.25) is 0 Å². The van der Waals surface area contributed by atoms with Crippen LogP contribution in [0, 0.1) is 3.57 Å². The predicted molar refractivity (Wildman–Crippen MR) is 56.6 cm³/mol. The maximum absolute atomic E-state index is 12.3. The average molecular weight is 370 g/mol. The van der Waals surface area contributed by atoms with Gasteiger partial charge in [-0.05, 0) is 28.7 Å². The molecular formula is C6H3ClF2INO3S. The molecule has 1 aromatic heterocycles. The summed E-state index contributed by atoms with van der Waals surface area (Å²) in [7, 11) is 0.753. The zero-order valence-corrected chi connectivity index (χ0v) is 10.5. The van der Waals surface area contributed by atoms with Crippen molar-refractivity contribution in [3.63, 3.8) is 0 Å². The zero-order chi connectivity index (χ0) is 11.8. The minimum Gasteiger partial charge on any atom is -0.505 e. The molecule has 0 saturated carbocycles. The van der Waals surface area contributed by atoms with E-state index in [1.54, 1.807) is 0 Å². The number of alkyl halides is 2. The van der Waals surface area contributed by atoms with E-state index in [2.05, 4.69) is 4.98 Å². The van der Waals surface area contributed by atoms with E-state index in [-0.39, 0.29) is 3.57 Å². The molecule has 15 heavy (non-hydrogen) atoms. The highest BCUT2D eigenvalue weighted by Crippen LogP contribution is 2.32. The normalized spacial score (nSPS) is 12.1. The lowest BCUT2D eigenvalue weighted by Gasteiger charge is -2.06. The highest BCUT2D eigenvalue weighted by atomic mass is 127. The first kappa shape index (κ1) is 12.8. The van der Waals surface area contributed by atoms with E-state index >= 15 is 0 Å². The first-order valence-electron chi connectivity index (χ1n) is 3.35. The van der Waals surface area contributed by atoms with Crippen molar-refractivity contribution in [1.29, 1.82) is 0 Å². The maximum Gasteiger partial charge on any atom is 0.284 e. The number of halogens is 4. The van der Waals surface area contributed by atoms with Gasteiger partial charge >= 0.3 is 0 Å². The lowest BCUT2D eigenvalue weighted by atomic mass is 10.3. The van der Waals surface area contributed by atoms with Crippen molar-refractivity contribution >= 4 is 42.3 Å². The third kappa shape index (κ3) is 2.88. The van der Waals surface area contributed by atoms with Crippen molar-refractivity contribution in [1.82, 2.24) is 4.98 Å². The van der Waals surface area contributed by atoms with Gasteiger partial charge in [0.1, 0.15) is 0 Å². The van der Waals surface area contributed by atoms with Crippen LogP contribution in [0.3, 0.4) is 0 Å². The fourth-order valence-electron chi connectivity index (χ4n) is 0.780. The summed E-state index contributed by atoms with van der Waals surface area (Å²) in [5.74, 6) is -0.741. The molecule has 4 nitrogen and oxygen atoms in total. The smallest absolute Gasteiger partial charge is 0.284 e. The molecule has 0 spiro atoms. The van der Waals surface area contributed by atoms with E-state index in [0.29, 0.717) is 0 Å². The number of hydrogen-bond acceptors (Lipinski definition) is 4. The largest absolute Gasteiger partial charge is 0.505 e. The average Bonchev–Trinajstić information content (AvgIpc) is 2.06. The number of hydrogen-bond donors (Lipinski definition) is 1. The summed E-state index contributed by atoms with van der Waals surface area (Å²) in [5, 5.41) is 8.46. The van der Waals surface area contributed by atoms with Crippen molar-refractivity contribution in [2.24, 2.45) is 0 Å². The summed E-state index contributed by atoms with van der Waals surface area (Å²) in [6.45, 7) is 0. The number of pyridine rings is 1. The highest BCUT2D eigenvalue weighted by Gasteiger charge is 2.22. The Morgan fingerprint density at radius 1 is 1.53 bits per heavy atom. The molecule has 84 valence electrons. The van der Waals surface area contributed by atoms with Crippen LogP contribution in [0.25, 0.3) is 0 Å². The van der Waals surface area contributed by atoms with Gasteiger partial charge in [0.15, 0.2) is 16.5 Å². The van der Waals surface area contributed by atoms with Gasteiger partial charge in [-0.15, -0.1) is 0 Å². The van der Waals surface area contributed by atoms with E-state index in [1.165, 1.54) is 22.6 Å². The second kappa shape index (κ2) is 4.34. The monoisotopic (exact) mass is 369 g/mol. The van der Waals surface area contributed by atoms with Crippen LogP contribution >= 0.6 is 33.3 Å². The van der Waals surface area contributed by atoms with Gasteiger partial charge in [-0.3, -0.25) is 0 Å². The molecule has 0 fully saturated rings. The summed E-state index contributed by atoms with van der Waals surface area (Å²) < 4.78 is 46.3. The molecule has 0 aliphatic carbocycles. The van der Waals surface area contributed by atoms with Crippen LogP contribution in [0.1, 0.15) is 12.1 Å². The summed E-state index contributed by atoms with van der Waals surface area (Å²) >= 11 is 1.50. The fourth-order valence-corrected chi connectivity index (χ4v) is 2.27. The standard InChI is InChI=1S/C6H3ClF2INO3S/c7-15(13,14)3-1-2(10)5(12)4(11-3)6(8)9/h1,6,12H. The predicted octanol–water partition coefficient (Wildman–Crippen LogP) is 2.26. The van der Waals surface area contributed by atoms with Gasteiger partial charge in [-0.25, -0.2) is 22.2 Å². The van der Waals surface area contributed by atoms with Gasteiger partial charge in [-0.1, -0.05) is 0 Å². The molecule has 0 radical (unpaired) electrons.